The number of rotatable bonds is 7. The number of Topliss-reactive ketones (excluding diaryl/α,β-unsaturated/α-hetero) is 1. The third-order valence-corrected chi connectivity index (χ3v) is 3.22. The number of carbonyl (C=O) groups excluding carboxylic acids is 1. The summed E-state index contributed by atoms with van der Waals surface area (Å²) in [5.74, 6) is -1.29. The molecule has 1 aromatic rings. The maximum Gasteiger partial charge on any atom is 0.328 e. The zero-order valence-electron chi connectivity index (χ0n) is 10.0. The van der Waals surface area contributed by atoms with Gasteiger partial charge in [0.15, 0.2) is 11.8 Å². The van der Waals surface area contributed by atoms with Crippen LogP contribution in [0.2, 0.25) is 0 Å². The second kappa shape index (κ2) is 6.51. The van der Waals surface area contributed by atoms with Gasteiger partial charge >= 0.3 is 5.97 Å². The first-order valence-electron chi connectivity index (χ1n) is 5.53. The van der Waals surface area contributed by atoms with E-state index in [0.717, 1.165) is 5.56 Å². The van der Waals surface area contributed by atoms with Crippen LogP contribution in [0.25, 0.3) is 0 Å². The van der Waals surface area contributed by atoms with E-state index in [1.807, 2.05) is 23.8 Å². The third kappa shape index (κ3) is 3.94. The first-order valence-corrected chi connectivity index (χ1v) is 6.47. The number of aliphatic carboxylic acids is 1. The van der Waals surface area contributed by atoms with E-state index in [9.17, 15) is 9.59 Å². The van der Waals surface area contributed by atoms with Crippen molar-refractivity contribution in [1.29, 1.82) is 0 Å². The molecule has 1 atom stereocenters. The predicted molar refractivity (Wildman–Crippen MR) is 67.1 cm³/mol. The van der Waals surface area contributed by atoms with Gasteiger partial charge in [0.1, 0.15) is 0 Å². The molecule has 0 aliphatic heterocycles. The maximum atomic E-state index is 11.7. The van der Waals surface area contributed by atoms with Gasteiger partial charge in [-0.3, -0.25) is 14.5 Å². The summed E-state index contributed by atoms with van der Waals surface area (Å²) in [6.45, 7) is 2.35. The quantitative estimate of drug-likeness (QED) is 0.757. The second-order valence-electron chi connectivity index (χ2n) is 4.00. The molecule has 0 spiro atoms. The van der Waals surface area contributed by atoms with Crippen molar-refractivity contribution in [2.24, 2.45) is 0 Å². The van der Waals surface area contributed by atoms with E-state index in [2.05, 4.69) is 0 Å². The number of thiophene rings is 1. The summed E-state index contributed by atoms with van der Waals surface area (Å²) in [6, 6.07) is 0.902. The van der Waals surface area contributed by atoms with Crippen molar-refractivity contribution in [3.8, 4) is 0 Å². The number of ketones is 1. The molecular formula is C12H17NO3S. The highest BCUT2D eigenvalue weighted by molar-refractivity contribution is 7.07. The van der Waals surface area contributed by atoms with Crippen LogP contribution in [0.4, 0.5) is 0 Å². The molecule has 0 saturated carbocycles. The highest BCUT2D eigenvalue weighted by Crippen LogP contribution is 2.12. The molecule has 0 aliphatic carbocycles. The van der Waals surface area contributed by atoms with Gasteiger partial charge in [0.05, 0.1) is 0 Å². The number of carboxylic acids is 1. The Morgan fingerprint density at radius 1 is 1.53 bits per heavy atom. The van der Waals surface area contributed by atoms with E-state index in [-0.39, 0.29) is 5.78 Å². The minimum Gasteiger partial charge on any atom is -0.480 e. The largest absolute Gasteiger partial charge is 0.480 e. The summed E-state index contributed by atoms with van der Waals surface area (Å²) in [5, 5.41) is 13.0. The first-order chi connectivity index (χ1) is 8.06. The Balaban J connectivity index is 2.70. The van der Waals surface area contributed by atoms with Crippen LogP contribution in [0.1, 0.15) is 25.3 Å². The summed E-state index contributed by atoms with van der Waals surface area (Å²) >= 11 is 1.56. The summed E-state index contributed by atoms with van der Waals surface area (Å²) in [5.41, 5.74) is 1.04. The molecule has 5 heteroatoms. The summed E-state index contributed by atoms with van der Waals surface area (Å²) < 4.78 is 0. The normalized spacial score (nSPS) is 12.6. The lowest BCUT2D eigenvalue weighted by atomic mass is 10.1. The molecule has 0 aliphatic rings. The van der Waals surface area contributed by atoms with Gasteiger partial charge in [0.2, 0.25) is 0 Å². The average Bonchev–Trinajstić information content (AvgIpc) is 2.70. The van der Waals surface area contributed by atoms with Crippen LogP contribution in [-0.4, -0.2) is 34.8 Å². The molecule has 0 bridgehead atoms. The predicted octanol–water partition coefficient (Wildman–Crippen LogP) is 2.00. The Hall–Kier alpha value is -1.20. The number of carbonyl (C=O) groups is 2. The molecule has 0 saturated heterocycles. The Morgan fingerprint density at radius 3 is 2.71 bits per heavy atom. The van der Waals surface area contributed by atoms with Crippen molar-refractivity contribution in [2.45, 2.75) is 32.4 Å². The monoisotopic (exact) mass is 255 g/mol. The standard InChI is InChI=1S/C12H17NO3S/c1-3-4-10(14)11(12(15)16)13(2)7-9-5-6-17-8-9/h5-6,8,11H,3-4,7H2,1-2H3,(H,15,16). The van der Waals surface area contributed by atoms with Crippen molar-refractivity contribution in [1.82, 2.24) is 4.90 Å². The number of hydrogen-bond donors (Lipinski definition) is 1. The van der Waals surface area contributed by atoms with Gasteiger partial charge in [0, 0.05) is 13.0 Å². The van der Waals surface area contributed by atoms with Crippen molar-refractivity contribution < 1.29 is 14.7 Å². The van der Waals surface area contributed by atoms with Crippen molar-refractivity contribution >= 4 is 23.1 Å². The lowest BCUT2D eigenvalue weighted by Crippen LogP contribution is -2.44. The molecule has 94 valence electrons. The number of carboxylic acid groups (broad SMARTS) is 1. The Morgan fingerprint density at radius 2 is 2.24 bits per heavy atom. The molecule has 17 heavy (non-hydrogen) atoms. The average molecular weight is 255 g/mol. The van der Waals surface area contributed by atoms with Crippen LogP contribution in [0.15, 0.2) is 16.8 Å². The topological polar surface area (TPSA) is 57.6 Å². The number of nitrogens with zero attached hydrogens (tertiary/aromatic N) is 1. The van der Waals surface area contributed by atoms with Crippen molar-refractivity contribution in [3.05, 3.63) is 22.4 Å². The summed E-state index contributed by atoms with van der Waals surface area (Å²) in [4.78, 5) is 24.4. The van der Waals surface area contributed by atoms with Crippen LogP contribution < -0.4 is 0 Å². The van der Waals surface area contributed by atoms with Gasteiger partial charge in [-0.2, -0.15) is 11.3 Å². The van der Waals surface area contributed by atoms with Crippen molar-refractivity contribution in [3.63, 3.8) is 0 Å². The van der Waals surface area contributed by atoms with Gasteiger partial charge in [-0.05, 0) is 35.9 Å². The van der Waals surface area contributed by atoms with Gasteiger partial charge in [-0.15, -0.1) is 0 Å². The molecular weight excluding hydrogens is 238 g/mol. The Bertz CT molecular complexity index is 375. The van der Waals surface area contributed by atoms with E-state index in [1.165, 1.54) is 0 Å². The highest BCUT2D eigenvalue weighted by Gasteiger charge is 2.29. The zero-order chi connectivity index (χ0) is 12.8. The van der Waals surface area contributed by atoms with E-state index in [4.69, 9.17) is 5.11 Å². The molecule has 1 rings (SSSR count). The third-order valence-electron chi connectivity index (χ3n) is 2.49. The lowest BCUT2D eigenvalue weighted by Gasteiger charge is -2.22. The fourth-order valence-electron chi connectivity index (χ4n) is 1.72. The number of likely N-dealkylation sites (N-methyl/N-ethyl adjacent to an activating group) is 1. The second-order valence-corrected chi connectivity index (χ2v) is 4.78. The molecule has 1 aromatic heterocycles. The van der Waals surface area contributed by atoms with Gasteiger partial charge in [-0.1, -0.05) is 6.92 Å². The van der Waals surface area contributed by atoms with Crippen LogP contribution in [0, 0.1) is 0 Å². The highest BCUT2D eigenvalue weighted by atomic mass is 32.1. The summed E-state index contributed by atoms with van der Waals surface area (Å²) in [7, 11) is 1.67. The fraction of sp³-hybridized carbons (Fsp3) is 0.500. The molecule has 0 amide bonds. The van der Waals surface area contributed by atoms with Crippen LogP contribution in [-0.2, 0) is 16.1 Å². The van der Waals surface area contributed by atoms with Gasteiger partial charge < -0.3 is 5.11 Å². The SMILES string of the molecule is CCCC(=O)C(C(=O)O)N(C)Cc1ccsc1. The van der Waals surface area contributed by atoms with Gasteiger partial charge in [0.25, 0.3) is 0 Å². The van der Waals surface area contributed by atoms with Crippen LogP contribution in [0.3, 0.4) is 0 Å². The van der Waals surface area contributed by atoms with Gasteiger partial charge in [-0.25, -0.2) is 0 Å². The fourth-order valence-corrected chi connectivity index (χ4v) is 2.38. The molecule has 0 radical (unpaired) electrons. The van der Waals surface area contributed by atoms with Crippen molar-refractivity contribution in [2.75, 3.05) is 7.05 Å². The van der Waals surface area contributed by atoms with E-state index in [0.29, 0.717) is 19.4 Å². The first kappa shape index (κ1) is 13.9. The molecule has 0 fully saturated rings. The number of hydrogen-bond acceptors (Lipinski definition) is 4. The smallest absolute Gasteiger partial charge is 0.328 e. The maximum absolute atomic E-state index is 11.7. The lowest BCUT2D eigenvalue weighted by molar-refractivity contribution is -0.147. The van der Waals surface area contributed by atoms with E-state index >= 15 is 0 Å². The summed E-state index contributed by atoms with van der Waals surface area (Å²) in [6.07, 6.45) is 0.986. The Kier molecular flexibility index (Phi) is 5.31. The Labute approximate surface area is 105 Å². The minimum absolute atomic E-state index is 0.224. The molecule has 4 nitrogen and oxygen atoms in total. The zero-order valence-corrected chi connectivity index (χ0v) is 10.9. The van der Waals surface area contributed by atoms with Crippen LogP contribution >= 0.6 is 11.3 Å². The minimum atomic E-state index is -1.07. The van der Waals surface area contributed by atoms with E-state index in [1.54, 1.807) is 23.3 Å². The van der Waals surface area contributed by atoms with Crippen LogP contribution in [0.5, 0.6) is 0 Å². The molecule has 1 unspecified atom stereocenters. The molecule has 0 aromatic carbocycles. The molecule has 1 N–H and O–H groups in total. The van der Waals surface area contributed by atoms with E-state index < -0.39 is 12.0 Å². The molecule has 1 heterocycles.